The molecule has 3 heterocycles. The number of carbonyl (C=O) groups excluding carboxylic acids is 2. The number of thiophene rings is 1. The molecule has 0 saturated carbocycles. The summed E-state index contributed by atoms with van der Waals surface area (Å²) in [6, 6.07) is 1.88. The second kappa shape index (κ2) is 8.91. The summed E-state index contributed by atoms with van der Waals surface area (Å²) >= 11 is 7.08. The molecule has 2 fully saturated rings. The van der Waals surface area contributed by atoms with Gasteiger partial charge in [-0.2, -0.15) is 4.72 Å². The summed E-state index contributed by atoms with van der Waals surface area (Å²) in [6.45, 7) is 3.96. The van der Waals surface area contributed by atoms with Crippen LogP contribution in [0.2, 0.25) is 4.34 Å². The lowest BCUT2D eigenvalue weighted by atomic mass is 10.2. The van der Waals surface area contributed by atoms with Crippen LogP contribution < -0.4 is 4.72 Å². The molecule has 2 aliphatic heterocycles. The minimum absolute atomic E-state index is 0.144. The van der Waals surface area contributed by atoms with Crippen LogP contribution in [0.15, 0.2) is 17.5 Å². The number of halogens is 1. The van der Waals surface area contributed by atoms with Gasteiger partial charge in [0, 0.05) is 29.9 Å². The van der Waals surface area contributed by atoms with Gasteiger partial charge >= 0.3 is 0 Å². The first-order chi connectivity index (χ1) is 13.3. The lowest BCUT2D eigenvalue weighted by Crippen LogP contribution is -2.52. The SMILES string of the molecule is CC(C(=O)N1CCOCC1)N1CCC(NS(=O)(=O)/C=C/c2ccc(Cl)s2)C1=O. The lowest BCUT2D eigenvalue weighted by molar-refractivity contribution is -0.146. The van der Waals surface area contributed by atoms with Crippen molar-refractivity contribution in [2.75, 3.05) is 32.8 Å². The normalized spacial score (nSPS) is 22.2. The fourth-order valence-corrected chi connectivity index (χ4v) is 5.26. The molecule has 2 atom stereocenters. The maximum atomic E-state index is 12.7. The molecular formula is C17H22ClN3O5S2. The molecule has 0 aromatic carbocycles. The van der Waals surface area contributed by atoms with E-state index in [2.05, 4.69) is 4.72 Å². The second-order valence-corrected chi connectivity index (χ2v) is 9.94. The molecule has 2 aliphatic rings. The van der Waals surface area contributed by atoms with Crippen LogP contribution in [0.3, 0.4) is 0 Å². The molecule has 154 valence electrons. The maximum absolute atomic E-state index is 12.7. The maximum Gasteiger partial charge on any atom is 0.245 e. The highest BCUT2D eigenvalue weighted by Crippen LogP contribution is 2.23. The third-order valence-corrected chi connectivity index (χ3v) is 7.00. The number of carbonyl (C=O) groups is 2. The summed E-state index contributed by atoms with van der Waals surface area (Å²) in [4.78, 5) is 29.1. The first-order valence-electron chi connectivity index (χ1n) is 8.89. The summed E-state index contributed by atoms with van der Waals surface area (Å²) in [6.07, 6.45) is 1.75. The molecule has 2 unspecified atom stereocenters. The first kappa shape index (κ1) is 21.3. The molecular weight excluding hydrogens is 426 g/mol. The van der Waals surface area contributed by atoms with Crippen molar-refractivity contribution >= 4 is 50.9 Å². The molecule has 2 saturated heterocycles. The second-order valence-electron chi connectivity index (χ2n) is 6.59. The number of amides is 2. The molecule has 1 aromatic heterocycles. The zero-order chi connectivity index (χ0) is 20.3. The van der Waals surface area contributed by atoms with E-state index in [0.29, 0.717) is 48.5 Å². The molecule has 0 bridgehead atoms. The average molecular weight is 448 g/mol. The average Bonchev–Trinajstić information content (AvgIpc) is 3.25. The van der Waals surface area contributed by atoms with Crippen molar-refractivity contribution in [1.29, 1.82) is 0 Å². The van der Waals surface area contributed by atoms with Crippen molar-refractivity contribution in [1.82, 2.24) is 14.5 Å². The monoisotopic (exact) mass is 447 g/mol. The van der Waals surface area contributed by atoms with Crippen molar-refractivity contribution in [2.24, 2.45) is 0 Å². The topological polar surface area (TPSA) is 96.0 Å². The Morgan fingerprint density at radius 2 is 2.07 bits per heavy atom. The Hall–Kier alpha value is -1.46. The van der Waals surface area contributed by atoms with E-state index in [9.17, 15) is 18.0 Å². The standard InChI is InChI=1S/C17H22ClN3O5S2/c1-12(16(22)20-7-9-26-10-8-20)21-6-4-14(17(21)23)19-28(24,25)11-5-13-2-3-15(18)27-13/h2-3,5,11-12,14,19H,4,6-10H2,1H3/b11-5+. The number of hydrogen-bond donors (Lipinski definition) is 1. The van der Waals surface area contributed by atoms with Gasteiger partial charge in [0.1, 0.15) is 12.1 Å². The Kier molecular flexibility index (Phi) is 6.77. The molecule has 11 heteroatoms. The molecule has 2 amide bonds. The van der Waals surface area contributed by atoms with Gasteiger partial charge in [0.2, 0.25) is 21.8 Å². The summed E-state index contributed by atoms with van der Waals surface area (Å²) in [5, 5.41) is 1.02. The van der Waals surface area contributed by atoms with E-state index < -0.39 is 22.1 Å². The quantitative estimate of drug-likeness (QED) is 0.705. The van der Waals surface area contributed by atoms with Crippen LogP contribution in [0.25, 0.3) is 6.08 Å². The van der Waals surface area contributed by atoms with Crippen LogP contribution >= 0.6 is 22.9 Å². The zero-order valence-electron chi connectivity index (χ0n) is 15.3. The molecule has 28 heavy (non-hydrogen) atoms. The minimum Gasteiger partial charge on any atom is -0.378 e. The van der Waals surface area contributed by atoms with E-state index in [-0.39, 0.29) is 11.8 Å². The van der Waals surface area contributed by atoms with E-state index >= 15 is 0 Å². The smallest absolute Gasteiger partial charge is 0.245 e. The van der Waals surface area contributed by atoms with E-state index in [0.717, 1.165) is 5.41 Å². The number of morpholine rings is 1. The van der Waals surface area contributed by atoms with Gasteiger partial charge in [-0.05, 0) is 31.6 Å². The van der Waals surface area contributed by atoms with Gasteiger partial charge in [-0.3, -0.25) is 9.59 Å². The van der Waals surface area contributed by atoms with Crippen molar-refractivity contribution in [3.8, 4) is 0 Å². The Bertz CT molecular complexity index is 864. The number of rotatable bonds is 6. The molecule has 0 spiro atoms. The van der Waals surface area contributed by atoms with E-state index in [1.54, 1.807) is 24.0 Å². The number of sulfonamides is 1. The van der Waals surface area contributed by atoms with Gasteiger partial charge in [-0.25, -0.2) is 8.42 Å². The highest BCUT2D eigenvalue weighted by molar-refractivity contribution is 7.92. The zero-order valence-corrected chi connectivity index (χ0v) is 17.7. The van der Waals surface area contributed by atoms with Crippen LogP contribution in [-0.2, 0) is 24.3 Å². The molecule has 0 radical (unpaired) electrons. The van der Waals surface area contributed by atoms with Crippen LogP contribution in [0, 0.1) is 0 Å². The van der Waals surface area contributed by atoms with Crippen LogP contribution in [0.1, 0.15) is 18.2 Å². The molecule has 3 rings (SSSR count). The minimum atomic E-state index is -3.80. The first-order valence-corrected chi connectivity index (χ1v) is 11.6. The highest BCUT2D eigenvalue weighted by Gasteiger charge is 2.39. The van der Waals surface area contributed by atoms with Gasteiger partial charge in [-0.15, -0.1) is 11.3 Å². The molecule has 0 aliphatic carbocycles. The number of nitrogens with one attached hydrogen (secondary N) is 1. The number of likely N-dealkylation sites (tertiary alicyclic amines) is 1. The third kappa shape index (κ3) is 5.12. The summed E-state index contributed by atoms with van der Waals surface area (Å²) in [5.41, 5.74) is 0. The summed E-state index contributed by atoms with van der Waals surface area (Å²) < 4.78 is 32.8. The summed E-state index contributed by atoms with van der Waals surface area (Å²) in [7, 11) is -3.80. The van der Waals surface area contributed by atoms with E-state index in [4.69, 9.17) is 16.3 Å². The van der Waals surface area contributed by atoms with Gasteiger partial charge in [0.05, 0.1) is 17.6 Å². The van der Waals surface area contributed by atoms with Crippen molar-refractivity contribution in [3.05, 3.63) is 26.8 Å². The van der Waals surface area contributed by atoms with E-state index in [1.165, 1.54) is 22.3 Å². The van der Waals surface area contributed by atoms with Gasteiger partial charge in [0.15, 0.2) is 0 Å². The predicted octanol–water partition coefficient (Wildman–Crippen LogP) is 1.14. The van der Waals surface area contributed by atoms with Crippen molar-refractivity contribution < 1.29 is 22.7 Å². The van der Waals surface area contributed by atoms with E-state index in [1.807, 2.05) is 0 Å². The Morgan fingerprint density at radius 1 is 1.36 bits per heavy atom. The van der Waals surface area contributed by atoms with Crippen molar-refractivity contribution in [3.63, 3.8) is 0 Å². The lowest BCUT2D eigenvalue weighted by Gasteiger charge is -2.32. The third-order valence-electron chi connectivity index (χ3n) is 4.70. The number of ether oxygens (including phenoxy) is 1. The predicted molar refractivity (Wildman–Crippen MR) is 107 cm³/mol. The Morgan fingerprint density at radius 3 is 2.71 bits per heavy atom. The fourth-order valence-electron chi connectivity index (χ4n) is 3.19. The van der Waals surface area contributed by atoms with Gasteiger partial charge in [0.25, 0.3) is 0 Å². The number of hydrogen-bond acceptors (Lipinski definition) is 6. The van der Waals surface area contributed by atoms with Gasteiger partial charge in [-0.1, -0.05) is 11.6 Å². The number of nitrogens with zero attached hydrogens (tertiary/aromatic N) is 2. The fraction of sp³-hybridized carbons (Fsp3) is 0.529. The van der Waals surface area contributed by atoms with Gasteiger partial charge < -0.3 is 14.5 Å². The molecule has 8 nitrogen and oxygen atoms in total. The highest BCUT2D eigenvalue weighted by atomic mass is 35.5. The molecule has 1 aromatic rings. The van der Waals surface area contributed by atoms with Crippen LogP contribution in [0.5, 0.6) is 0 Å². The van der Waals surface area contributed by atoms with Crippen LogP contribution in [0.4, 0.5) is 0 Å². The Balaban J connectivity index is 1.59. The van der Waals surface area contributed by atoms with Crippen LogP contribution in [-0.4, -0.2) is 75.0 Å². The molecule has 1 N–H and O–H groups in total. The van der Waals surface area contributed by atoms with Crippen molar-refractivity contribution in [2.45, 2.75) is 25.4 Å². The Labute approximate surface area is 173 Å². The summed E-state index contributed by atoms with van der Waals surface area (Å²) in [5.74, 6) is -0.528. The largest absolute Gasteiger partial charge is 0.378 e.